The van der Waals surface area contributed by atoms with Crippen molar-refractivity contribution in [3.8, 4) is 0 Å². The maximum Gasteiger partial charge on any atom is 0.337 e. The average molecular weight is 344 g/mol. The second-order valence-corrected chi connectivity index (χ2v) is 5.99. The second-order valence-electron chi connectivity index (χ2n) is 5.99. The van der Waals surface area contributed by atoms with E-state index in [4.69, 9.17) is 0 Å². The van der Waals surface area contributed by atoms with Crippen molar-refractivity contribution in [3.63, 3.8) is 0 Å². The first-order valence-corrected chi connectivity index (χ1v) is 8.12. The standard InChI is InChI=1S/C20H16N4O2/c1-12-9-18(23-17-8-3-2-5-14(12)17)24-22-11-13-10-21-19-15(13)6-4-7-16(19)20(25)26/h2-11,21H,1H3,(H,23,24)(H,25,26)/b22-11+. The highest BCUT2D eigenvalue weighted by Gasteiger charge is 2.11. The van der Waals surface area contributed by atoms with Gasteiger partial charge in [-0.3, -0.25) is 5.43 Å². The number of benzene rings is 2. The van der Waals surface area contributed by atoms with E-state index in [0.717, 1.165) is 27.4 Å². The summed E-state index contributed by atoms with van der Waals surface area (Å²) in [6, 6.07) is 15.0. The Morgan fingerprint density at radius 2 is 2.00 bits per heavy atom. The van der Waals surface area contributed by atoms with Crippen LogP contribution in [0.3, 0.4) is 0 Å². The van der Waals surface area contributed by atoms with Gasteiger partial charge < -0.3 is 10.1 Å². The van der Waals surface area contributed by atoms with Gasteiger partial charge in [0, 0.05) is 22.5 Å². The molecule has 26 heavy (non-hydrogen) atoms. The molecule has 4 aromatic rings. The number of carboxylic acids is 1. The van der Waals surface area contributed by atoms with Gasteiger partial charge in [-0.1, -0.05) is 30.3 Å². The van der Waals surface area contributed by atoms with Gasteiger partial charge in [0.05, 0.1) is 22.8 Å². The van der Waals surface area contributed by atoms with Crippen molar-refractivity contribution in [2.24, 2.45) is 5.10 Å². The van der Waals surface area contributed by atoms with E-state index in [1.807, 2.05) is 43.3 Å². The number of carboxylic acid groups (broad SMARTS) is 1. The number of H-pyrrole nitrogens is 1. The molecule has 0 spiro atoms. The van der Waals surface area contributed by atoms with Crippen molar-refractivity contribution in [1.29, 1.82) is 0 Å². The number of carbonyl (C=O) groups is 1. The molecule has 0 unspecified atom stereocenters. The van der Waals surface area contributed by atoms with Crippen molar-refractivity contribution in [2.45, 2.75) is 6.92 Å². The first-order chi connectivity index (χ1) is 12.6. The number of anilines is 1. The summed E-state index contributed by atoms with van der Waals surface area (Å²) in [7, 11) is 0. The lowest BCUT2D eigenvalue weighted by Crippen LogP contribution is -1.97. The molecule has 2 aromatic heterocycles. The molecule has 3 N–H and O–H groups in total. The topological polar surface area (TPSA) is 90.4 Å². The zero-order valence-electron chi connectivity index (χ0n) is 14.0. The van der Waals surface area contributed by atoms with E-state index >= 15 is 0 Å². The van der Waals surface area contributed by atoms with E-state index in [9.17, 15) is 9.90 Å². The highest BCUT2D eigenvalue weighted by Crippen LogP contribution is 2.22. The van der Waals surface area contributed by atoms with Crippen LogP contribution in [0.15, 0.2) is 59.8 Å². The summed E-state index contributed by atoms with van der Waals surface area (Å²) in [5.41, 5.74) is 6.59. The SMILES string of the molecule is Cc1cc(N/N=C/c2c[nH]c3c(C(=O)O)cccc23)nc2ccccc12. The van der Waals surface area contributed by atoms with Crippen LogP contribution in [-0.2, 0) is 0 Å². The number of hydrogen-bond acceptors (Lipinski definition) is 4. The van der Waals surface area contributed by atoms with Crippen LogP contribution in [0.2, 0.25) is 0 Å². The molecular formula is C20H16N4O2. The number of fused-ring (bicyclic) bond motifs is 2. The van der Waals surface area contributed by atoms with Gasteiger partial charge >= 0.3 is 5.97 Å². The predicted molar refractivity (Wildman–Crippen MR) is 103 cm³/mol. The number of para-hydroxylation sites is 2. The van der Waals surface area contributed by atoms with Crippen LogP contribution < -0.4 is 5.43 Å². The van der Waals surface area contributed by atoms with Crippen molar-refractivity contribution in [3.05, 3.63) is 71.4 Å². The number of rotatable bonds is 4. The van der Waals surface area contributed by atoms with E-state index in [2.05, 4.69) is 20.5 Å². The Labute approximate surface area is 149 Å². The largest absolute Gasteiger partial charge is 0.478 e. The molecule has 0 aliphatic carbocycles. The third-order valence-corrected chi connectivity index (χ3v) is 4.28. The Morgan fingerprint density at radius 3 is 2.85 bits per heavy atom. The average Bonchev–Trinajstić information content (AvgIpc) is 3.05. The zero-order chi connectivity index (χ0) is 18.1. The van der Waals surface area contributed by atoms with Crippen molar-refractivity contribution in [2.75, 3.05) is 5.43 Å². The first kappa shape index (κ1) is 15.8. The summed E-state index contributed by atoms with van der Waals surface area (Å²) in [5, 5.41) is 15.4. The highest BCUT2D eigenvalue weighted by atomic mass is 16.4. The van der Waals surface area contributed by atoms with Gasteiger partial charge in [0.1, 0.15) is 5.82 Å². The van der Waals surface area contributed by atoms with Crippen LogP contribution >= 0.6 is 0 Å². The summed E-state index contributed by atoms with van der Waals surface area (Å²) in [5.74, 6) is -0.307. The second kappa shape index (κ2) is 6.33. The van der Waals surface area contributed by atoms with E-state index in [1.165, 1.54) is 0 Å². The molecule has 0 saturated heterocycles. The number of aromatic carboxylic acids is 1. The van der Waals surface area contributed by atoms with Crippen LogP contribution in [0.5, 0.6) is 0 Å². The molecule has 2 aromatic carbocycles. The molecular weight excluding hydrogens is 328 g/mol. The summed E-state index contributed by atoms with van der Waals surface area (Å²) >= 11 is 0. The van der Waals surface area contributed by atoms with Crippen LogP contribution in [0.1, 0.15) is 21.5 Å². The number of nitrogens with zero attached hydrogens (tertiary/aromatic N) is 2. The summed E-state index contributed by atoms with van der Waals surface area (Å²) in [6.07, 6.45) is 3.39. The van der Waals surface area contributed by atoms with Gasteiger partial charge in [0.25, 0.3) is 0 Å². The molecule has 0 aliphatic heterocycles. The summed E-state index contributed by atoms with van der Waals surface area (Å²) in [6.45, 7) is 2.03. The van der Waals surface area contributed by atoms with E-state index in [1.54, 1.807) is 24.5 Å². The monoisotopic (exact) mass is 344 g/mol. The third kappa shape index (κ3) is 2.77. The lowest BCUT2D eigenvalue weighted by molar-refractivity contribution is 0.0699. The molecule has 0 amide bonds. The molecule has 0 aliphatic rings. The number of aromatic nitrogens is 2. The summed E-state index contributed by atoms with van der Waals surface area (Å²) < 4.78 is 0. The molecule has 0 bridgehead atoms. The van der Waals surface area contributed by atoms with Crippen LogP contribution in [0.25, 0.3) is 21.8 Å². The molecule has 0 fully saturated rings. The van der Waals surface area contributed by atoms with Crippen molar-refractivity contribution >= 4 is 39.8 Å². The highest BCUT2D eigenvalue weighted by molar-refractivity contribution is 6.07. The quantitative estimate of drug-likeness (QED) is 0.383. The number of nitrogens with one attached hydrogen (secondary N) is 2. The van der Waals surface area contributed by atoms with E-state index in [-0.39, 0.29) is 5.56 Å². The fourth-order valence-electron chi connectivity index (χ4n) is 3.04. The molecule has 6 heteroatoms. The van der Waals surface area contributed by atoms with Gasteiger partial charge in [-0.2, -0.15) is 5.10 Å². The van der Waals surface area contributed by atoms with Gasteiger partial charge in [0.15, 0.2) is 0 Å². The molecule has 0 saturated carbocycles. The zero-order valence-corrected chi connectivity index (χ0v) is 14.0. The Balaban J connectivity index is 1.62. The maximum atomic E-state index is 11.3. The van der Waals surface area contributed by atoms with Crippen LogP contribution in [-0.4, -0.2) is 27.3 Å². The number of aryl methyl sites for hydroxylation is 1. The minimum absolute atomic E-state index is 0.238. The Bertz CT molecular complexity index is 1160. The predicted octanol–water partition coefficient (Wildman–Crippen LogP) is 4.17. The molecule has 4 rings (SSSR count). The fraction of sp³-hybridized carbons (Fsp3) is 0.0500. The van der Waals surface area contributed by atoms with Gasteiger partial charge in [-0.05, 0) is 30.7 Å². The summed E-state index contributed by atoms with van der Waals surface area (Å²) in [4.78, 5) is 18.8. The van der Waals surface area contributed by atoms with Gasteiger partial charge in [-0.15, -0.1) is 0 Å². The number of hydrazone groups is 1. The Kier molecular flexibility index (Phi) is 3.85. The van der Waals surface area contributed by atoms with Crippen molar-refractivity contribution < 1.29 is 9.90 Å². The van der Waals surface area contributed by atoms with Crippen molar-refractivity contribution in [1.82, 2.24) is 9.97 Å². The Hall–Kier alpha value is -3.67. The minimum atomic E-state index is -0.963. The smallest absolute Gasteiger partial charge is 0.337 e. The lowest BCUT2D eigenvalue weighted by atomic mass is 10.1. The van der Waals surface area contributed by atoms with Gasteiger partial charge in [-0.25, -0.2) is 9.78 Å². The third-order valence-electron chi connectivity index (χ3n) is 4.28. The Morgan fingerprint density at radius 1 is 1.19 bits per heavy atom. The van der Waals surface area contributed by atoms with Gasteiger partial charge in [0.2, 0.25) is 0 Å². The van der Waals surface area contributed by atoms with Crippen LogP contribution in [0.4, 0.5) is 5.82 Å². The lowest BCUT2D eigenvalue weighted by Gasteiger charge is -2.05. The maximum absolute atomic E-state index is 11.3. The molecule has 0 radical (unpaired) electrons. The van der Waals surface area contributed by atoms with Crippen LogP contribution in [0, 0.1) is 6.92 Å². The number of hydrogen-bond donors (Lipinski definition) is 3. The molecule has 6 nitrogen and oxygen atoms in total. The number of pyridine rings is 1. The number of aromatic amines is 1. The molecule has 0 atom stereocenters. The molecule has 2 heterocycles. The molecule has 128 valence electrons. The minimum Gasteiger partial charge on any atom is -0.478 e. The fourth-order valence-corrected chi connectivity index (χ4v) is 3.04. The van der Waals surface area contributed by atoms with E-state index < -0.39 is 5.97 Å². The first-order valence-electron chi connectivity index (χ1n) is 8.12. The normalized spacial score (nSPS) is 11.4. The van der Waals surface area contributed by atoms with E-state index in [0.29, 0.717) is 11.3 Å².